The van der Waals surface area contributed by atoms with Crippen molar-refractivity contribution in [2.75, 3.05) is 20.8 Å². The van der Waals surface area contributed by atoms with Gasteiger partial charge in [-0.2, -0.15) is 13.1 Å². The van der Waals surface area contributed by atoms with Crippen LogP contribution in [0.2, 0.25) is 0 Å². The van der Waals surface area contributed by atoms with Crippen molar-refractivity contribution in [3.8, 4) is 0 Å². The third-order valence-corrected chi connectivity index (χ3v) is 3.00. The molecule has 14 heavy (non-hydrogen) atoms. The zero-order valence-electron chi connectivity index (χ0n) is 8.23. The van der Waals surface area contributed by atoms with Gasteiger partial charge in [0, 0.05) is 20.1 Å². The van der Waals surface area contributed by atoms with E-state index in [1.807, 2.05) is 0 Å². The molecule has 1 aliphatic rings. The Morgan fingerprint density at radius 1 is 1.43 bits per heavy atom. The van der Waals surface area contributed by atoms with Gasteiger partial charge in [-0.25, -0.2) is 0 Å². The molecule has 1 aliphatic heterocycles. The molecule has 1 rings (SSSR count). The third kappa shape index (κ3) is 3.50. The summed E-state index contributed by atoms with van der Waals surface area (Å²) in [5.74, 6) is 0. The van der Waals surface area contributed by atoms with Crippen molar-refractivity contribution < 1.29 is 22.1 Å². The summed E-state index contributed by atoms with van der Waals surface area (Å²) in [4.78, 5) is 0. The topological polar surface area (TPSA) is 73.9 Å². The molecule has 1 fully saturated rings. The fraction of sp³-hybridized carbons (Fsp3) is 1.00. The molecule has 0 aliphatic carbocycles. The molecule has 0 amide bonds. The fourth-order valence-corrected chi connectivity index (χ4v) is 1.76. The van der Waals surface area contributed by atoms with E-state index in [9.17, 15) is 8.42 Å². The molecular weight excluding hydrogens is 210 g/mol. The van der Waals surface area contributed by atoms with Crippen molar-refractivity contribution in [3.05, 3.63) is 0 Å². The first-order chi connectivity index (χ1) is 6.57. The van der Waals surface area contributed by atoms with Crippen LogP contribution in [0.3, 0.4) is 0 Å². The lowest BCUT2D eigenvalue weighted by Crippen LogP contribution is -2.33. The van der Waals surface area contributed by atoms with E-state index >= 15 is 0 Å². The molecule has 6 nitrogen and oxygen atoms in total. The molecule has 0 aromatic rings. The van der Waals surface area contributed by atoms with Crippen LogP contribution in [0.5, 0.6) is 0 Å². The molecule has 0 aromatic heterocycles. The molecule has 0 unspecified atom stereocenters. The number of hydrogen-bond acceptors (Lipinski definition) is 5. The van der Waals surface area contributed by atoms with Gasteiger partial charge in [-0.15, -0.1) is 0 Å². The Bertz CT molecular complexity index is 265. The molecule has 2 atom stereocenters. The molecule has 1 heterocycles. The Morgan fingerprint density at radius 2 is 2.14 bits per heavy atom. The van der Waals surface area contributed by atoms with Gasteiger partial charge in [0.1, 0.15) is 0 Å². The van der Waals surface area contributed by atoms with E-state index in [0.717, 1.165) is 20.0 Å². The second-order valence-electron chi connectivity index (χ2n) is 2.97. The van der Waals surface area contributed by atoms with Crippen molar-refractivity contribution in [1.82, 2.24) is 4.72 Å². The second kappa shape index (κ2) is 5.04. The number of ether oxygens (including phenoxy) is 2. The summed E-state index contributed by atoms with van der Waals surface area (Å²) in [6.45, 7) is 0.218. The lowest BCUT2D eigenvalue weighted by Gasteiger charge is -2.12. The highest BCUT2D eigenvalue weighted by molar-refractivity contribution is 7.84. The summed E-state index contributed by atoms with van der Waals surface area (Å²) in [6, 6.07) is 0. The summed E-state index contributed by atoms with van der Waals surface area (Å²) in [5.41, 5.74) is 0. The van der Waals surface area contributed by atoms with Crippen LogP contribution in [-0.4, -0.2) is 41.6 Å². The minimum absolute atomic E-state index is 0.134. The molecule has 0 aromatic carbocycles. The van der Waals surface area contributed by atoms with E-state index < -0.39 is 10.3 Å². The van der Waals surface area contributed by atoms with Crippen molar-refractivity contribution in [2.45, 2.75) is 25.2 Å². The summed E-state index contributed by atoms with van der Waals surface area (Å²) in [6.07, 6.45) is 1.22. The first-order valence-corrected chi connectivity index (χ1v) is 5.71. The fourth-order valence-electron chi connectivity index (χ4n) is 1.25. The summed E-state index contributed by atoms with van der Waals surface area (Å²) in [7, 11) is -0.933. The molecule has 1 N–H and O–H groups in total. The van der Waals surface area contributed by atoms with Gasteiger partial charge in [-0.3, -0.25) is 4.18 Å². The minimum Gasteiger partial charge on any atom is -0.356 e. The van der Waals surface area contributed by atoms with Crippen molar-refractivity contribution >= 4 is 10.3 Å². The molecule has 7 heteroatoms. The number of rotatable bonds is 5. The van der Waals surface area contributed by atoms with E-state index in [0.29, 0.717) is 0 Å². The quantitative estimate of drug-likeness (QED) is 0.690. The van der Waals surface area contributed by atoms with Gasteiger partial charge in [-0.05, 0) is 6.42 Å². The highest BCUT2D eigenvalue weighted by Gasteiger charge is 2.25. The van der Waals surface area contributed by atoms with Gasteiger partial charge < -0.3 is 9.47 Å². The van der Waals surface area contributed by atoms with Gasteiger partial charge in [-0.1, -0.05) is 0 Å². The van der Waals surface area contributed by atoms with E-state index in [-0.39, 0.29) is 18.9 Å². The minimum atomic E-state index is -3.60. The SMILES string of the molecule is CO[C@H]1CC[C@@H](CNS(=O)(=O)OC)O1. The van der Waals surface area contributed by atoms with E-state index in [1.165, 1.54) is 0 Å². The Hall–Kier alpha value is -0.210. The Labute approximate surface area is 83.8 Å². The number of methoxy groups -OCH3 is 1. The van der Waals surface area contributed by atoms with Gasteiger partial charge in [0.05, 0.1) is 13.2 Å². The highest BCUT2D eigenvalue weighted by Crippen LogP contribution is 2.19. The summed E-state index contributed by atoms with van der Waals surface area (Å²) in [5, 5.41) is 0. The van der Waals surface area contributed by atoms with Crippen molar-refractivity contribution in [2.24, 2.45) is 0 Å². The van der Waals surface area contributed by atoms with Crippen LogP contribution in [-0.2, 0) is 24.0 Å². The summed E-state index contributed by atoms with van der Waals surface area (Å²) < 4.78 is 38.6. The Morgan fingerprint density at radius 3 is 2.64 bits per heavy atom. The summed E-state index contributed by atoms with van der Waals surface area (Å²) >= 11 is 0. The first kappa shape index (κ1) is 11.9. The molecular formula is C7H15NO5S. The maximum Gasteiger partial charge on any atom is 0.335 e. The first-order valence-electron chi connectivity index (χ1n) is 4.31. The van der Waals surface area contributed by atoms with E-state index in [1.54, 1.807) is 7.11 Å². The average Bonchev–Trinajstić information content (AvgIpc) is 2.63. The third-order valence-electron chi connectivity index (χ3n) is 2.04. The Balaban J connectivity index is 2.27. The van der Waals surface area contributed by atoms with E-state index in [4.69, 9.17) is 9.47 Å². The lowest BCUT2D eigenvalue weighted by atomic mass is 10.2. The van der Waals surface area contributed by atoms with Crippen LogP contribution >= 0.6 is 0 Å². The van der Waals surface area contributed by atoms with Gasteiger partial charge in [0.2, 0.25) is 0 Å². The average molecular weight is 225 g/mol. The predicted octanol–water partition coefficient (Wildman–Crippen LogP) is -0.381. The van der Waals surface area contributed by atoms with Crippen molar-refractivity contribution in [1.29, 1.82) is 0 Å². The van der Waals surface area contributed by atoms with Gasteiger partial charge in [0.15, 0.2) is 6.29 Å². The van der Waals surface area contributed by atoms with E-state index in [2.05, 4.69) is 8.91 Å². The molecule has 0 bridgehead atoms. The number of hydrogen-bond donors (Lipinski definition) is 1. The standard InChI is InChI=1S/C7H15NO5S/c1-11-7-4-3-6(13-7)5-8-14(9,10)12-2/h6-8H,3-5H2,1-2H3/t6-,7+/m0/s1. The molecule has 84 valence electrons. The van der Waals surface area contributed by atoms with Crippen LogP contribution < -0.4 is 4.72 Å². The Kier molecular flexibility index (Phi) is 4.27. The zero-order valence-corrected chi connectivity index (χ0v) is 9.04. The predicted molar refractivity (Wildman–Crippen MR) is 48.8 cm³/mol. The smallest absolute Gasteiger partial charge is 0.335 e. The van der Waals surface area contributed by atoms with Crippen LogP contribution in [0.1, 0.15) is 12.8 Å². The highest BCUT2D eigenvalue weighted by atomic mass is 32.2. The zero-order chi connectivity index (χ0) is 10.6. The van der Waals surface area contributed by atoms with Crippen molar-refractivity contribution in [3.63, 3.8) is 0 Å². The maximum atomic E-state index is 10.9. The van der Waals surface area contributed by atoms with Crippen LogP contribution in [0, 0.1) is 0 Å². The van der Waals surface area contributed by atoms with Crippen LogP contribution in [0.25, 0.3) is 0 Å². The largest absolute Gasteiger partial charge is 0.356 e. The lowest BCUT2D eigenvalue weighted by molar-refractivity contribution is -0.112. The molecule has 0 radical (unpaired) electrons. The molecule has 1 saturated heterocycles. The molecule has 0 spiro atoms. The van der Waals surface area contributed by atoms with Gasteiger partial charge >= 0.3 is 10.3 Å². The van der Waals surface area contributed by atoms with Crippen LogP contribution in [0.15, 0.2) is 0 Å². The maximum absolute atomic E-state index is 10.9. The number of nitrogens with one attached hydrogen (secondary N) is 1. The van der Waals surface area contributed by atoms with Gasteiger partial charge in [0.25, 0.3) is 0 Å². The monoisotopic (exact) mass is 225 g/mol. The molecule has 0 saturated carbocycles. The van der Waals surface area contributed by atoms with Crippen LogP contribution in [0.4, 0.5) is 0 Å². The second-order valence-corrected chi connectivity index (χ2v) is 4.50. The normalized spacial score (nSPS) is 28.1.